The third kappa shape index (κ3) is 3.35. The summed E-state index contributed by atoms with van der Waals surface area (Å²) in [6.45, 7) is 0.0805. The predicted molar refractivity (Wildman–Crippen MR) is 75.6 cm³/mol. The van der Waals surface area contributed by atoms with E-state index in [1.165, 1.54) is 16.4 Å². The SMILES string of the molecule is N#CCCN(C1CC1)S(=O)(=O)c1cc(C(=O)O)ccc1Cl. The lowest BCUT2D eigenvalue weighted by molar-refractivity contribution is 0.0696. The van der Waals surface area contributed by atoms with Gasteiger partial charge in [0.2, 0.25) is 10.0 Å². The second kappa shape index (κ2) is 6.02. The zero-order valence-corrected chi connectivity index (χ0v) is 12.6. The molecule has 1 aromatic rings. The summed E-state index contributed by atoms with van der Waals surface area (Å²) in [5, 5.41) is 17.6. The van der Waals surface area contributed by atoms with Crippen molar-refractivity contribution in [3.05, 3.63) is 28.8 Å². The highest BCUT2D eigenvalue weighted by Gasteiger charge is 2.38. The number of hydrogen-bond acceptors (Lipinski definition) is 4. The fourth-order valence-corrected chi connectivity index (χ4v) is 4.17. The monoisotopic (exact) mass is 328 g/mol. The molecule has 8 heteroatoms. The lowest BCUT2D eigenvalue weighted by atomic mass is 10.2. The smallest absolute Gasteiger partial charge is 0.335 e. The van der Waals surface area contributed by atoms with Crippen LogP contribution in [0, 0.1) is 11.3 Å². The summed E-state index contributed by atoms with van der Waals surface area (Å²) >= 11 is 5.92. The highest BCUT2D eigenvalue weighted by atomic mass is 35.5. The maximum Gasteiger partial charge on any atom is 0.335 e. The molecule has 0 radical (unpaired) electrons. The zero-order valence-electron chi connectivity index (χ0n) is 11.0. The minimum absolute atomic E-state index is 0.0254. The normalized spacial score (nSPS) is 14.9. The summed E-state index contributed by atoms with van der Waals surface area (Å²) in [6, 6.07) is 5.35. The highest BCUT2D eigenvalue weighted by molar-refractivity contribution is 7.89. The van der Waals surface area contributed by atoms with Gasteiger partial charge in [0.15, 0.2) is 0 Å². The van der Waals surface area contributed by atoms with Crippen molar-refractivity contribution >= 4 is 27.6 Å². The number of rotatable bonds is 6. The molecule has 0 saturated heterocycles. The van der Waals surface area contributed by atoms with Gasteiger partial charge in [-0.3, -0.25) is 0 Å². The molecule has 2 rings (SSSR count). The van der Waals surface area contributed by atoms with Crippen LogP contribution in [0.25, 0.3) is 0 Å². The van der Waals surface area contributed by atoms with Crippen molar-refractivity contribution in [2.75, 3.05) is 6.54 Å². The fraction of sp³-hybridized carbons (Fsp3) is 0.385. The number of nitriles is 1. The van der Waals surface area contributed by atoms with Gasteiger partial charge in [-0.05, 0) is 31.0 Å². The molecule has 0 amide bonds. The number of carbonyl (C=O) groups is 1. The molecule has 1 N–H and O–H groups in total. The quantitative estimate of drug-likeness (QED) is 0.862. The van der Waals surface area contributed by atoms with Crippen LogP contribution in [-0.2, 0) is 10.0 Å². The molecular weight excluding hydrogens is 316 g/mol. The van der Waals surface area contributed by atoms with Gasteiger partial charge in [-0.25, -0.2) is 13.2 Å². The van der Waals surface area contributed by atoms with E-state index in [0.717, 1.165) is 18.9 Å². The largest absolute Gasteiger partial charge is 0.478 e. The molecule has 1 aliphatic carbocycles. The Bertz CT molecular complexity index is 707. The van der Waals surface area contributed by atoms with Crippen molar-refractivity contribution in [1.29, 1.82) is 5.26 Å². The predicted octanol–water partition coefficient (Wildman–Crippen LogP) is 2.10. The van der Waals surface area contributed by atoms with Crippen LogP contribution < -0.4 is 0 Å². The number of sulfonamides is 1. The Morgan fingerprint density at radius 3 is 2.67 bits per heavy atom. The van der Waals surface area contributed by atoms with Gasteiger partial charge in [0.1, 0.15) is 4.90 Å². The van der Waals surface area contributed by atoms with Gasteiger partial charge in [0.05, 0.1) is 16.7 Å². The molecule has 0 bridgehead atoms. The first kappa shape index (κ1) is 15.8. The second-order valence-electron chi connectivity index (χ2n) is 4.71. The molecule has 1 fully saturated rings. The number of nitrogens with zero attached hydrogens (tertiary/aromatic N) is 2. The Labute approximate surface area is 127 Å². The van der Waals surface area contributed by atoms with Crippen LogP contribution >= 0.6 is 11.6 Å². The van der Waals surface area contributed by atoms with Crippen LogP contribution in [0.1, 0.15) is 29.6 Å². The molecule has 0 aliphatic heterocycles. The molecule has 0 unspecified atom stereocenters. The summed E-state index contributed by atoms with van der Waals surface area (Å²) in [5.74, 6) is -1.22. The molecule has 112 valence electrons. The summed E-state index contributed by atoms with van der Waals surface area (Å²) in [4.78, 5) is 10.8. The van der Waals surface area contributed by atoms with Crippen molar-refractivity contribution in [1.82, 2.24) is 4.31 Å². The molecule has 0 aromatic heterocycles. The standard InChI is InChI=1S/C13H13ClN2O4S/c14-11-5-2-9(13(17)18)8-12(11)21(19,20)16(7-1-6-15)10-3-4-10/h2,5,8,10H,1,3-4,7H2,(H,17,18). The number of halogens is 1. The summed E-state index contributed by atoms with van der Waals surface area (Å²) in [5.41, 5.74) is -0.144. The van der Waals surface area contributed by atoms with Crippen LogP contribution in [0.5, 0.6) is 0 Å². The van der Waals surface area contributed by atoms with Gasteiger partial charge >= 0.3 is 5.97 Å². The minimum atomic E-state index is -3.91. The van der Waals surface area contributed by atoms with Crippen LogP contribution in [-0.4, -0.2) is 36.4 Å². The van der Waals surface area contributed by atoms with Gasteiger partial charge in [-0.15, -0.1) is 0 Å². The van der Waals surface area contributed by atoms with Crippen molar-refractivity contribution in [3.63, 3.8) is 0 Å². The van der Waals surface area contributed by atoms with E-state index >= 15 is 0 Å². The number of aromatic carboxylic acids is 1. The third-order valence-electron chi connectivity index (χ3n) is 3.16. The summed E-state index contributed by atoms with van der Waals surface area (Å²) in [7, 11) is -3.91. The van der Waals surface area contributed by atoms with Gasteiger partial charge in [-0.1, -0.05) is 11.6 Å². The minimum Gasteiger partial charge on any atom is -0.478 e. The van der Waals surface area contributed by atoms with E-state index in [0.29, 0.717) is 0 Å². The maximum absolute atomic E-state index is 12.7. The molecule has 0 spiro atoms. The lowest BCUT2D eigenvalue weighted by Crippen LogP contribution is -2.34. The molecule has 1 aromatic carbocycles. The first-order chi connectivity index (χ1) is 9.87. The van der Waals surface area contributed by atoms with Crippen LogP contribution in [0.15, 0.2) is 23.1 Å². The number of carboxylic acid groups (broad SMARTS) is 1. The van der Waals surface area contributed by atoms with E-state index < -0.39 is 16.0 Å². The van der Waals surface area contributed by atoms with E-state index in [1.807, 2.05) is 6.07 Å². The number of carboxylic acids is 1. The van der Waals surface area contributed by atoms with Gasteiger partial charge in [0, 0.05) is 19.0 Å². The second-order valence-corrected chi connectivity index (χ2v) is 6.97. The topological polar surface area (TPSA) is 98.5 Å². The first-order valence-corrected chi connectivity index (χ1v) is 8.11. The molecular formula is C13H13ClN2O4S. The third-order valence-corrected chi connectivity index (χ3v) is 5.60. The van der Waals surface area contributed by atoms with Crippen LogP contribution in [0.4, 0.5) is 0 Å². The van der Waals surface area contributed by atoms with E-state index in [-0.39, 0.29) is 34.5 Å². The first-order valence-electron chi connectivity index (χ1n) is 6.29. The van der Waals surface area contributed by atoms with Crippen LogP contribution in [0.2, 0.25) is 5.02 Å². The van der Waals surface area contributed by atoms with Crippen molar-refractivity contribution < 1.29 is 18.3 Å². The molecule has 21 heavy (non-hydrogen) atoms. The Morgan fingerprint density at radius 1 is 1.48 bits per heavy atom. The zero-order chi connectivity index (χ0) is 15.6. The lowest BCUT2D eigenvalue weighted by Gasteiger charge is -2.21. The van der Waals surface area contributed by atoms with Gasteiger partial charge in [0.25, 0.3) is 0 Å². The maximum atomic E-state index is 12.7. The highest BCUT2D eigenvalue weighted by Crippen LogP contribution is 2.34. The average Bonchev–Trinajstić information content (AvgIpc) is 3.23. The summed E-state index contributed by atoms with van der Waals surface area (Å²) < 4.78 is 26.5. The molecule has 1 aliphatic rings. The Hall–Kier alpha value is -1.62. The Balaban J connectivity index is 2.44. The van der Waals surface area contributed by atoms with E-state index in [4.69, 9.17) is 22.0 Å². The van der Waals surface area contributed by atoms with Gasteiger partial charge in [-0.2, -0.15) is 9.57 Å². The number of hydrogen-bond donors (Lipinski definition) is 1. The van der Waals surface area contributed by atoms with E-state index in [2.05, 4.69) is 0 Å². The summed E-state index contributed by atoms with van der Waals surface area (Å²) in [6.07, 6.45) is 1.55. The van der Waals surface area contributed by atoms with Crippen molar-refractivity contribution in [2.45, 2.75) is 30.2 Å². The van der Waals surface area contributed by atoms with Crippen molar-refractivity contribution in [3.8, 4) is 6.07 Å². The number of benzene rings is 1. The van der Waals surface area contributed by atoms with E-state index in [9.17, 15) is 13.2 Å². The van der Waals surface area contributed by atoms with E-state index in [1.54, 1.807) is 0 Å². The molecule has 6 nitrogen and oxygen atoms in total. The Kier molecular flexibility index (Phi) is 4.52. The van der Waals surface area contributed by atoms with Gasteiger partial charge < -0.3 is 5.11 Å². The Morgan fingerprint density at radius 2 is 2.14 bits per heavy atom. The fourth-order valence-electron chi connectivity index (χ4n) is 1.98. The molecule has 0 atom stereocenters. The van der Waals surface area contributed by atoms with Crippen LogP contribution in [0.3, 0.4) is 0 Å². The van der Waals surface area contributed by atoms with Crippen molar-refractivity contribution in [2.24, 2.45) is 0 Å². The molecule has 1 saturated carbocycles. The average molecular weight is 329 g/mol. The molecule has 0 heterocycles.